The molecule has 4 rings (SSSR count). The average molecular weight is 422 g/mol. The van der Waals surface area contributed by atoms with Crippen LogP contribution in [0.15, 0.2) is 53.3 Å². The summed E-state index contributed by atoms with van der Waals surface area (Å²) in [4.78, 5) is 26.5. The first kappa shape index (κ1) is 20.4. The van der Waals surface area contributed by atoms with Gasteiger partial charge in [-0.2, -0.15) is 0 Å². The molecule has 1 heterocycles. The van der Waals surface area contributed by atoms with Crippen molar-refractivity contribution in [1.29, 1.82) is 0 Å². The van der Waals surface area contributed by atoms with Crippen molar-refractivity contribution >= 4 is 40.1 Å². The predicted molar refractivity (Wildman–Crippen MR) is 121 cm³/mol. The normalized spacial score (nSPS) is 15.5. The summed E-state index contributed by atoms with van der Waals surface area (Å²) < 4.78 is 6.27. The number of ether oxygens (including phenoxy) is 1. The minimum atomic E-state index is -0.160. The molecule has 4 nitrogen and oxygen atoms in total. The van der Waals surface area contributed by atoms with Gasteiger partial charge < -0.3 is 9.64 Å². The van der Waals surface area contributed by atoms with Crippen molar-refractivity contribution in [1.82, 2.24) is 4.90 Å². The van der Waals surface area contributed by atoms with E-state index >= 15 is 0 Å². The number of rotatable bonds is 5. The molecule has 0 bridgehead atoms. The average Bonchev–Trinajstić information content (AvgIpc) is 2.78. The maximum absolute atomic E-state index is 13.1. The molecule has 30 heavy (non-hydrogen) atoms. The third-order valence-corrected chi connectivity index (χ3v) is 6.15. The Kier molecular flexibility index (Phi) is 5.52. The molecule has 0 saturated heterocycles. The number of carbonyl (C=O) groups is 2. The zero-order chi connectivity index (χ0) is 21.4. The van der Waals surface area contributed by atoms with Crippen molar-refractivity contribution in [2.75, 3.05) is 19.5 Å². The van der Waals surface area contributed by atoms with Gasteiger partial charge in [0.15, 0.2) is 6.29 Å². The fourth-order valence-electron chi connectivity index (χ4n) is 4.18. The molecule has 1 aliphatic heterocycles. The Hall–Kier alpha value is -2.85. The van der Waals surface area contributed by atoms with Crippen molar-refractivity contribution in [3.05, 3.63) is 70.0 Å². The molecule has 1 aliphatic carbocycles. The van der Waals surface area contributed by atoms with Crippen LogP contribution < -0.4 is 4.74 Å². The number of benzene rings is 2. The second-order valence-electron chi connectivity index (χ2n) is 7.68. The Morgan fingerprint density at radius 3 is 2.70 bits per heavy atom. The molecule has 0 aromatic heterocycles. The summed E-state index contributed by atoms with van der Waals surface area (Å²) in [5.74, 6) is 1.82. The summed E-state index contributed by atoms with van der Waals surface area (Å²) in [6, 6.07) is 7.35. The van der Waals surface area contributed by atoms with E-state index in [1.54, 1.807) is 24.1 Å². The van der Waals surface area contributed by atoms with E-state index in [0.29, 0.717) is 34.7 Å². The summed E-state index contributed by atoms with van der Waals surface area (Å²) in [5, 5.41) is 1.46. The fraction of sp³-hybridized carbons (Fsp3) is 0.280. The van der Waals surface area contributed by atoms with Gasteiger partial charge in [-0.15, -0.1) is 11.6 Å². The van der Waals surface area contributed by atoms with E-state index in [4.69, 9.17) is 16.3 Å². The highest BCUT2D eigenvalue weighted by atomic mass is 35.5. The van der Waals surface area contributed by atoms with Crippen LogP contribution in [0.25, 0.3) is 16.3 Å². The quantitative estimate of drug-likeness (QED) is 0.456. The first-order chi connectivity index (χ1) is 14.5. The molecule has 154 valence electrons. The molecular weight excluding hydrogens is 398 g/mol. The molecule has 0 saturated carbocycles. The highest BCUT2D eigenvalue weighted by Crippen LogP contribution is 2.46. The Morgan fingerprint density at radius 2 is 2.00 bits per heavy atom. The molecule has 5 heteroatoms. The second-order valence-corrected chi connectivity index (χ2v) is 8.06. The first-order valence-electron chi connectivity index (χ1n) is 10.1. The van der Waals surface area contributed by atoms with E-state index in [1.165, 1.54) is 11.1 Å². The van der Waals surface area contributed by atoms with Crippen molar-refractivity contribution in [3.8, 4) is 5.75 Å². The first-order valence-corrected chi connectivity index (χ1v) is 10.6. The second kappa shape index (κ2) is 8.11. The maximum Gasteiger partial charge on any atom is 0.254 e. The summed E-state index contributed by atoms with van der Waals surface area (Å²) >= 11 is 5.83. The van der Waals surface area contributed by atoms with Crippen molar-refractivity contribution in [2.24, 2.45) is 0 Å². The number of amides is 1. The summed E-state index contributed by atoms with van der Waals surface area (Å²) in [6.45, 7) is 4.59. The van der Waals surface area contributed by atoms with Crippen molar-refractivity contribution < 1.29 is 14.3 Å². The van der Waals surface area contributed by atoms with E-state index in [2.05, 4.69) is 19.1 Å². The Bertz CT molecular complexity index is 1160. The zero-order valence-corrected chi connectivity index (χ0v) is 18.2. The van der Waals surface area contributed by atoms with Gasteiger partial charge in [-0.05, 0) is 49.6 Å². The van der Waals surface area contributed by atoms with E-state index in [0.717, 1.165) is 41.4 Å². The molecule has 0 N–H and O–H groups in total. The number of allylic oxidation sites excluding steroid dienone is 6. The number of hydrogen-bond donors (Lipinski definition) is 0. The van der Waals surface area contributed by atoms with Crippen LogP contribution in [0.4, 0.5) is 0 Å². The van der Waals surface area contributed by atoms with Crippen molar-refractivity contribution in [3.63, 3.8) is 0 Å². The van der Waals surface area contributed by atoms with Crippen LogP contribution in [0.2, 0.25) is 0 Å². The highest BCUT2D eigenvalue weighted by Gasteiger charge is 2.28. The topological polar surface area (TPSA) is 46.6 Å². The number of nitrogens with zero attached hydrogens (tertiary/aromatic N) is 1. The van der Waals surface area contributed by atoms with Gasteiger partial charge in [-0.25, -0.2) is 0 Å². The summed E-state index contributed by atoms with van der Waals surface area (Å²) in [7, 11) is 1.72. The predicted octanol–water partition coefficient (Wildman–Crippen LogP) is 5.75. The lowest BCUT2D eigenvalue weighted by molar-refractivity contribution is 0.0805. The fourth-order valence-corrected chi connectivity index (χ4v) is 4.44. The van der Waals surface area contributed by atoms with E-state index < -0.39 is 0 Å². The number of carbonyl (C=O) groups excluding carboxylic acids is 2. The largest absolute Gasteiger partial charge is 0.460 e. The van der Waals surface area contributed by atoms with Crippen LogP contribution in [0, 0.1) is 0 Å². The van der Waals surface area contributed by atoms with Gasteiger partial charge in [0.25, 0.3) is 5.91 Å². The molecule has 0 fully saturated rings. The lowest BCUT2D eigenvalue weighted by Crippen LogP contribution is -2.29. The highest BCUT2D eigenvalue weighted by molar-refractivity contribution is 6.19. The number of fused-ring (bicyclic) bond motifs is 1. The van der Waals surface area contributed by atoms with E-state index in [9.17, 15) is 9.59 Å². The monoisotopic (exact) mass is 421 g/mol. The molecular formula is C25H24ClNO3. The van der Waals surface area contributed by atoms with Crippen LogP contribution in [0.1, 0.15) is 53.0 Å². The smallest absolute Gasteiger partial charge is 0.254 e. The lowest BCUT2D eigenvalue weighted by Gasteiger charge is -2.28. The molecule has 0 atom stereocenters. The molecule has 0 unspecified atom stereocenters. The molecule has 1 amide bonds. The van der Waals surface area contributed by atoms with Gasteiger partial charge >= 0.3 is 0 Å². The molecule has 0 radical (unpaired) electrons. The van der Waals surface area contributed by atoms with Gasteiger partial charge in [0.05, 0.1) is 0 Å². The molecule has 2 aromatic carbocycles. The van der Waals surface area contributed by atoms with Crippen LogP contribution in [-0.4, -0.2) is 36.6 Å². The van der Waals surface area contributed by atoms with Crippen LogP contribution >= 0.6 is 11.6 Å². The standard InChI is InChI=1S/C25H24ClNO3/c1-4-15(2)16-6-9-21-20(13-16)18-7-5-17(14-28)23-19(25(29)27(3)12-11-26)8-10-22(30-21)24(18)23/h4-5,7-8,10,13-14H,6,9,11-12H2,1-3H3/b15-4+. The summed E-state index contributed by atoms with van der Waals surface area (Å²) in [5.41, 5.74) is 5.54. The van der Waals surface area contributed by atoms with Crippen LogP contribution in [-0.2, 0) is 0 Å². The molecule has 2 aliphatic rings. The van der Waals surface area contributed by atoms with Crippen molar-refractivity contribution in [2.45, 2.75) is 26.7 Å². The van der Waals surface area contributed by atoms with Gasteiger partial charge in [0.1, 0.15) is 11.5 Å². The van der Waals surface area contributed by atoms with E-state index in [1.807, 2.05) is 19.1 Å². The number of aldehydes is 1. The lowest BCUT2D eigenvalue weighted by atomic mass is 9.84. The Morgan fingerprint density at radius 1 is 1.20 bits per heavy atom. The van der Waals surface area contributed by atoms with Gasteiger partial charge in [0.2, 0.25) is 0 Å². The Balaban J connectivity index is 1.97. The third-order valence-electron chi connectivity index (χ3n) is 5.98. The number of halogens is 1. The number of hydrogen-bond acceptors (Lipinski definition) is 3. The maximum atomic E-state index is 13.1. The minimum Gasteiger partial charge on any atom is -0.460 e. The summed E-state index contributed by atoms with van der Waals surface area (Å²) in [6.07, 6.45) is 6.85. The molecule has 0 spiro atoms. The van der Waals surface area contributed by atoms with Crippen LogP contribution in [0.3, 0.4) is 0 Å². The number of alkyl halides is 1. The minimum absolute atomic E-state index is 0.160. The SMILES string of the molecule is C/C=C(\C)C1=CC2=C(CC1)Oc1ccc(C(=O)N(C)CCCl)c3c(C=O)ccc2c13. The van der Waals surface area contributed by atoms with E-state index in [-0.39, 0.29) is 5.91 Å². The van der Waals surface area contributed by atoms with Crippen LogP contribution in [0.5, 0.6) is 5.75 Å². The Labute approximate surface area is 181 Å². The molecule has 2 aromatic rings. The van der Waals surface area contributed by atoms with Gasteiger partial charge in [-0.1, -0.05) is 23.8 Å². The third kappa shape index (κ3) is 3.25. The van der Waals surface area contributed by atoms with Gasteiger partial charge in [-0.3, -0.25) is 9.59 Å². The zero-order valence-electron chi connectivity index (χ0n) is 17.4. The van der Waals surface area contributed by atoms with Gasteiger partial charge in [0, 0.05) is 53.4 Å².